The Morgan fingerprint density at radius 3 is 2.75 bits per heavy atom. The lowest BCUT2D eigenvalue weighted by Crippen LogP contribution is -2.00. The number of hydrogen-bond acceptors (Lipinski definition) is 4. The van der Waals surface area contributed by atoms with Gasteiger partial charge in [0, 0.05) is 12.8 Å². The first kappa shape index (κ1) is 8.83. The first-order valence-corrected chi connectivity index (χ1v) is 3.44. The molecule has 12 heavy (non-hydrogen) atoms. The van der Waals surface area contributed by atoms with E-state index < -0.39 is 6.29 Å². The van der Waals surface area contributed by atoms with Gasteiger partial charge in [0.2, 0.25) is 0 Å². The van der Waals surface area contributed by atoms with Gasteiger partial charge in [-0.3, -0.25) is 0 Å². The first-order valence-electron chi connectivity index (χ1n) is 3.44. The summed E-state index contributed by atoms with van der Waals surface area (Å²) in [5.74, 6) is -0.0291. The molecule has 4 nitrogen and oxygen atoms in total. The number of aliphatic hydroxyl groups excluding tert-OH is 1. The van der Waals surface area contributed by atoms with E-state index in [1.54, 1.807) is 6.07 Å². The van der Waals surface area contributed by atoms with Crippen molar-refractivity contribution < 1.29 is 14.9 Å². The molecule has 1 aromatic carbocycles. The molecule has 0 spiro atoms. The van der Waals surface area contributed by atoms with Crippen molar-refractivity contribution in [3.63, 3.8) is 0 Å². The zero-order valence-electron chi connectivity index (χ0n) is 6.69. The number of aromatic hydroxyl groups is 1. The molecule has 0 aliphatic carbocycles. The van der Waals surface area contributed by atoms with Crippen LogP contribution < -0.4 is 5.73 Å². The van der Waals surface area contributed by atoms with E-state index in [-0.39, 0.29) is 11.3 Å². The highest BCUT2D eigenvalue weighted by molar-refractivity contribution is 5.47. The maximum absolute atomic E-state index is 9.24. The molecule has 1 rings (SSSR count). The third kappa shape index (κ3) is 1.66. The van der Waals surface area contributed by atoms with Gasteiger partial charge in [0.05, 0.1) is 5.56 Å². The van der Waals surface area contributed by atoms with Crippen LogP contribution in [0.25, 0.3) is 0 Å². The molecule has 1 unspecified atom stereocenters. The van der Waals surface area contributed by atoms with Crippen LogP contribution in [0.5, 0.6) is 5.75 Å². The Hall–Kier alpha value is -1.26. The molecule has 0 aliphatic rings. The summed E-state index contributed by atoms with van der Waals surface area (Å²) in [5, 5.41) is 18.4. The monoisotopic (exact) mass is 169 g/mol. The largest absolute Gasteiger partial charge is 0.507 e. The van der Waals surface area contributed by atoms with E-state index in [4.69, 9.17) is 5.73 Å². The summed E-state index contributed by atoms with van der Waals surface area (Å²) < 4.78 is 4.61. The number of benzene rings is 1. The highest BCUT2D eigenvalue weighted by Gasteiger charge is 2.10. The molecule has 0 fully saturated rings. The fraction of sp³-hybridized carbons (Fsp3) is 0.250. The van der Waals surface area contributed by atoms with Crippen LogP contribution in [0.3, 0.4) is 0 Å². The van der Waals surface area contributed by atoms with Crippen LogP contribution in [0.2, 0.25) is 0 Å². The average Bonchev–Trinajstić information content (AvgIpc) is 2.08. The van der Waals surface area contributed by atoms with Crippen LogP contribution in [0.15, 0.2) is 18.2 Å². The Balaban J connectivity index is 3.04. The van der Waals surface area contributed by atoms with E-state index in [9.17, 15) is 10.2 Å². The molecule has 0 amide bonds. The highest BCUT2D eigenvalue weighted by Crippen LogP contribution is 2.26. The van der Waals surface area contributed by atoms with Crippen molar-refractivity contribution in [1.29, 1.82) is 0 Å². The van der Waals surface area contributed by atoms with Gasteiger partial charge in [0.15, 0.2) is 6.29 Å². The topological polar surface area (TPSA) is 75.7 Å². The van der Waals surface area contributed by atoms with Gasteiger partial charge in [0.25, 0.3) is 0 Å². The average molecular weight is 169 g/mol. The molecule has 0 radical (unpaired) electrons. The lowest BCUT2D eigenvalue weighted by Gasteiger charge is -2.10. The van der Waals surface area contributed by atoms with Gasteiger partial charge < -0.3 is 20.7 Å². The Labute approximate surface area is 70.2 Å². The van der Waals surface area contributed by atoms with Crippen molar-refractivity contribution in [2.24, 2.45) is 0 Å². The minimum atomic E-state index is -1.13. The maximum atomic E-state index is 9.24. The second-order valence-electron chi connectivity index (χ2n) is 2.41. The molecular weight excluding hydrogens is 158 g/mol. The van der Waals surface area contributed by atoms with Crippen molar-refractivity contribution in [3.05, 3.63) is 23.8 Å². The van der Waals surface area contributed by atoms with Crippen molar-refractivity contribution >= 4 is 5.69 Å². The number of phenolic OH excluding ortho intramolecular Hbond substituents is 1. The van der Waals surface area contributed by atoms with Crippen LogP contribution in [0, 0.1) is 0 Å². The number of nitrogens with two attached hydrogens (primary N) is 1. The molecular formula is C8H11NO3. The van der Waals surface area contributed by atoms with Crippen molar-refractivity contribution in [3.8, 4) is 5.75 Å². The fourth-order valence-electron chi connectivity index (χ4n) is 0.898. The Kier molecular flexibility index (Phi) is 2.52. The normalized spacial score (nSPS) is 12.8. The third-order valence-electron chi connectivity index (χ3n) is 1.54. The molecule has 0 saturated carbocycles. The molecule has 0 aliphatic heterocycles. The number of phenols is 1. The van der Waals surface area contributed by atoms with Crippen LogP contribution >= 0.6 is 0 Å². The summed E-state index contributed by atoms with van der Waals surface area (Å²) in [4.78, 5) is 0. The van der Waals surface area contributed by atoms with E-state index in [1.165, 1.54) is 19.2 Å². The molecule has 1 atom stereocenters. The minimum absolute atomic E-state index is 0.0291. The van der Waals surface area contributed by atoms with Crippen LogP contribution in [0.1, 0.15) is 11.9 Å². The van der Waals surface area contributed by atoms with E-state index in [2.05, 4.69) is 4.74 Å². The van der Waals surface area contributed by atoms with Crippen molar-refractivity contribution in [2.45, 2.75) is 6.29 Å². The number of rotatable bonds is 2. The quantitative estimate of drug-likeness (QED) is 0.344. The van der Waals surface area contributed by atoms with E-state index >= 15 is 0 Å². The van der Waals surface area contributed by atoms with E-state index in [1.807, 2.05) is 0 Å². The number of anilines is 1. The highest BCUT2D eigenvalue weighted by atomic mass is 16.6. The van der Waals surface area contributed by atoms with Gasteiger partial charge in [0.1, 0.15) is 5.75 Å². The summed E-state index contributed by atoms with van der Waals surface area (Å²) in [5.41, 5.74) is 6.19. The van der Waals surface area contributed by atoms with Crippen LogP contribution in [-0.2, 0) is 4.74 Å². The van der Waals surface area contributed by atoms with Gasteiger partial charge in [-0.15, -0.1) is 0 Å². The molecule has 4 N–H and O–H groups in total. The Morgan fingerprint density at radius 1 is 1.50 bits per heavy atom. The number of nitrogen functional groups attached to an aromatic ring is 1. The van der Waals surface area contributed by atoms with Crippen molar-refractivity contribution in [2.75, 3.05) is 12.8 Å². The summed E-state index contributed by atoms with van der Waals surface area (Å²) in [6.45, 7) is 0. The first-order chi connectivity index (χ1) is 5.65. The number of hydrogen-bond donors (Lipinski definition) is 3. The molecule has 0 saturated heterocycles. The second-order valence-corrected chi connectivity index (χ2v) is 2.41. The summed E-state index contributed by atoms with van der Waals surface area (Å²) in [7, 11) is 1.34. The predicted octanol–water partition coefficient (Wildman–Crippen LogP) is 0.612. The minimum Gasteiger partial charge on any atom is -0.507 e. The molecule has 0 bridgehead atoms. The number of aliphatic hydroxyl groups is 1. The third-order valence-corrected chi connectivity index (χ3v) is 1.54. The van der Waals surface area contributed by atoms with Gasteiger partial charge in [-0.1, -0.05) is 0 Å². The lowest BCUT2D eigenvalue weighted by molar-refractivity contribution is -0.0780. The number of ether oxygens (including phenoxy) is 1. The van der Waals surface area contributed by atoms with Crippen molar-refractivity contribution in [1.82, 2.24) is 0 Å². The Morgan fingerprint density at radius 2 is 2.17 bits per heavy atom. The van der Waals surface area contributed by atoms with E-state index in [0.29, 0.717) is 5.69 Å². The second kappa shape index (κ2) is 3.42. The molecule has 0 aromatic heterocycles. The number of methoxy groups -OCH3 is 1. The smallest absolute Gasteiger partial charge is 0.184 e. The van der Waals surface area contributed by atoms with Crippen LogP contribution in [-0.4, -0.2) is 17.3 Å². The fourth-order valence-corrected chi connectivity index (χ4v) is 0.898. The Bertz CT molecular complexity index is 275. The zero-order valence-corrected chi connectivity index (χ0v) is 6.69. The maximum Gasteiger partial charge on any atom is 0.184 e. The molecule has 1 aromatic rings. The standard InChI is InChI=1S/C8H11NO3/c1-12-8(11)6-4-5(9)2-3-7(6)10/h2-4,8,10-11H,9H2,1H3. The molecule has 66 valence electrons. The van der Waals surface area contributed by atoms with Gasteiger partial charge in [-0.2, -0.15) is 0 Å². The van der Waals surface area contributed by atoms with Gasteiger partial charge in [-0.25, -0.2) is 0 Å². The predicted molar refractivity (Wildman–Crippen MR) is 44.5 cm³/mol. The molecule has 4 heteroatoms. The SMILES string of the molecule is COC(O)c1cc(N)ccc1O. The zero-order chi connectivity index (χ0) is 9.14. The summed E-state index contributed by atoms with van der Waals surface area (Å²) in [6.07, 6.45) is -1.13. The summed E-state index contributed by atoms with van der Waals surface area (Å²) >= 11 is 0. The lowest BCUT2D eigenvalue weighted by atomic mass is 10.1. The van der Waals surface area contributed by atoms with Gasteiger partial charge in [-0.05, 0) is 18.2 Å². The molecule has 0 heterocycles. The summed E-state index contributed by atoms with van der Waals surface area (Å²) in [6, 6.07) is 4.41. The van der Waals surface area contributed by atoms with Gasteiger partial charge >= 0.3 is 0 Å². The van der Waals surface area contributed by atoms with E-state index in [0.717, 1.165) is 0 Å². The van der Waals surface area contributed by atoms with Crippen LogP contribution in [0.4, 0.5) is 5.69 Å².